The van der Waals surface area contributed by atoms with Crippen molar-refractivity contribution in [2.24, 2.45) is 5.84 Å². The fourth-order valence-electron chi connectivity index (χ4n) is 3.15. The standard InChI is InChI=1S/C18H28N4O4/c1-13-8-7-10-15(22(24)25)16(13)21(19)14-9-5-6-11-20(12-14)17(23)26-18(2,3)4/h7-8,10,14H,5-6,9,11-12,19H2,1-4H3/t14-/m1/s1. The van der Waals surface area contributed by atoms with Crippen LogP contribution in [-0.4, -0.2) is 40.6 Å². The largest absolute Gasteiger partial charge is 0.444 e. The van der Waals surface area contributed by atoms with Crippen LogP contribution in [0.25, 0.3) is 0 Å². The third-order valence-electron chi connectivity index (χ3n) is 4.36. The van der Waals surface area contributed by atoms with Gasteiger partial charge in [-0.3, -0.25) is 15.1 Å². The molecule has 8 nitrogen and oxygen atoms in total. The lowest BCUT2D eigenvalue weighted by atomic mass is 10.1. The first-order valence-corrected chi connectivity index (χ1v) is 8.86. The summed E-state index contributed by atoms with van der Waals surface area (Å²) in [6.45, 7) is 8.24. The number of ether oxygens (including phenoxy) is 1. The predicted molar refractivity (Wildman–Crippen MR) is 99.9 cm³/mol. The molecule has 0 aliphatic carbocycles. The second-order valence-electron chi connectivity index (χ2n) is 7.68. The van der Waals surface area contributed by atoms with Crippen LogP contribution in [0.5, 0.6) is 0 Å². The van der Waals surface area contributed by atoms with Gasteiger partial charge in [-0.2, -0.15) is 0 Å². The van der Waals surface area contributed by atoms with Gasteiger partial charge in [-0.25, -0.2) is 10.6 Å². The van der Waals surface area contributed by atoms with Crippen molar-refractivity contribution in [1.29, 1.82) is 0 Å². The number of rotatable bonds is 3. The Kier molecular flexibility index (Phi) is 6.07. The summed E-state index contributed by atoms with van der Waals surface area (Å²) in [6.07, 6.45) is 2.11. The van der Waals surface area contributed by atoms with E-state index in [1.807, 2.05) is 20.8 Å². The number of likely N-dealkylation sites (tertiary alicyclic amines) is 1. The minimum atomic E-state index is -0.573. The molecule has 0 unspecified atom stereocenters. The van der Waals surface area contributed by atoms with Crippen LogP contribution < -0.4 is 10.9 Å². The number of nitrogens with two attached hydrogens (primary N) is 1. The highest BCUT2D eigenvalue weighted by atomic mass is 16.6. The molecule has 2 N–H and O–H groups in total. The minimum Gasteiger partial charge on any atom is -0.444 e. The lowest BCUT2D eigenvalue weighted by Crippen LogP contribution is -2.49. The van der Waals surface area contributed by atoms with E-state index in [1.165, 1.54) is 11.1 Å². The van der Waals surface area contributed by atoms with Crippen molar-refractivity contribution in [1.82, 2.24) is 4.90 Å². The maximum Gasteiger partial charge on any atom is 0.410 e. The number of carbonyl (C=O) groups is 1. The van der Waals surface area contributed by atoms with Gasteiger partial charge in [0.2, 0.25) is 0 Å². The molecule has 26 heavy (non-hydrogen) atoms. The zero-order chi connectivity index (χ0) is 19.5. The molecule has 1 heterocycles. The molecule has 8 heteroatoms. The van der Waals surface area contributed by atoms with Crippen molar-refractivity contribution in [3.8, 4) is 0 Å². The quantitative estimate of drug-likeness (QED) is 0.501. The summed E-state index contributed by atoms with van der Waals surface area (Å²) < 4.78 is 5.47. The van der Waals surface area contributed by atoms with Crippen LogP contribution in [-0.2, 0) is 4.74 Å². The molecule has 0 spiro atoms. The number of anilines is 1. The average Bonchev–Trinajstić information content (AvgIpc) is 2.78. The van der Waals surface area contributed by atoms with Crippen molar-refractivity contribution in [3.05, 3.63) is 33.9 Å². The Bertz CT molecular complexity index is 672. The smallest absolute Gasteiger partial charge is 0.410 e. The van der Waals surface area contributed by atoms with E-state index in [-0.39, 0.29) is 17.8 Å². The van der Waals surface area contributed by atoms with Gasteiger partial charge in [0.15, 0.2) is 0 Å². The second-order valence-corrected chi connectivity index (χ2v) is 7.68. The lowest BCUT2D eigenvalue weighted by Gasteiger charge is -2.33. The summed E-state index contributed by atoms with van der Waals surface area (Å²) in [5.74, 6) is 6.32. The van der Waals surface area contributed by atoms with Gasteiger partial charge >= 0.3 is 6.09 Å². The van der Waals surface area contributed by atoms with Crippen molar-refractivity contribution in [2.75, 3.05) is 18.1 Å². The van der Waals surface area contributed by atoms with E-state index in [0.717, 1.165) is 24.8 Å². The molecule has 144 valence electrons. The summed E-state index contributed by atoms with van der Waals surface area (Å²) in [5.41, 5.74) is 0.527. The summed E-state index contributed by atoms with van der Waals surface area (Å²) in [7, 11) is 0. The number of nitro benzene ring substituents is 1. The van der Waals surface area contributed by atoms with Gasteiger partial charge in [0.25, 0.3) is 5.69 Å². The van der Waals surface area contributed by atoms with Gasteiger partial charge in [-0.05, 0) is 52.5 Å². The van der Waals surface area contributed by atoms with Crippen LogP contribution >= 0.6 is 0 Å². The number of amides is 1. The molecule has 0 bridgehead atoms. The molecule has 1 aliphatic rings. The topological polar surface area (TPSA) is 102 Å². The molecule has 1 aliphatic heterocycles. The third kappa shape index (κ3) is 4.85. The predicted octanol–water partition coefficient (Wildman–Crippen LogP) is 3.37. The number of carbonyl (C=O) groups excluding carboxylic acids is 1. The highest BCUT2D eigenvalue weighted by Crippen LogP contribution is 2.32. The van der Waals surface area contributed by atoms with E-state index in [1.54, 1.807) is 24.0 Å². The molecule has 1 aromatic rings. The molecule has 1 atom stereocenters. The summed E-state index contributed by atoms with van der Waals surface area (Å²) in [5, 5.41) is 12.9. The summed E-state index contributed by atoms with van der Waals surface area (Å²) >= 11 is 0. The minimum absolute atomic E-state index is 0.0273. The Hall–Kier alpha value is -2.35. The van der Waals surface area contributed by atoms with Crippen LogP contribution in [0.1, 0.15) is 45.6 Å². The molecular weight excluding hydrogens is 336 g/mol. The average molecular weight is 364 g/mol. The second kappa shape index (κ2) is 7.90. The highest BCUT2D eigenvalue weighted by molar-refractivity contribution is 5.69. The number of aryl methyl sites for hydroxylation is 1. The molecule has 1 saturated heterocycles. The van der Waals surface area contributed by atoms with Crippen molar-refractivity contribution in [2.45, 2.75) is 58.6 Å². The molecule has 1 fully saturated rings. The van der Waals surface area contributed by atoms with E-state index < -0.39 is 10.5 Å². The van der Waals surface area contributed by atoms with E-state index >= 15 is 0 Å². The lowest BCUT2D eigenvalue weighted by molar-refractivity contribution is -0.384. The first-order chi connectivity index (χ1) is 12.1. The zero-order valence-electron chi connectivity index (χ0n) is 15.9. The molecule has 2 rings (SSSR count). The molecular formula is C18H28N4O4. The first-order valence-electron chi connectivity index (χ1n) is 8.86. The molecule has 0 radical (unpaired) electrons. The van der Waals surface area contributed by atoms with Crippen molar-refractivity contribution >= 4 is 17.5 Å². The number of nitro groups is 1. The molecule has 1 amide bonds. The zero-order valence-corrected chi connectivity index (χ0v) is 15.9. The summed E-state index contributed by atoms with van der Waals surface area (Å²) in [6, 6.07) is 4.67. The van der Waals surface area contributed by atoms with E-state index in [9.17, 15) is 14.9 Å². The molecule has 1 aromatic carbocycles. The highest BCUT2D eigenvalue weighted by Gasteiger charge is 2.31. The number of hydrogen-bond acceptors (Lipinski definition) is 6. The van der Waals surface area contributed by atoms with Crippen LogP contribution in [0.4, 0.5) is 16.2 Å². The SMILES string of the molecule is Cc1cccc([N+](=O)[O-])c1N(N)[C@@H]1CCCCN(C(=O)OC(C)(C)C)C1. The number of hydrogen-bond donors (Lipinski definition) is 1. The van der Waals surface area contributed by atoms with Gasteiger partial charge in [-0.1, -0.05) is 12.1 Å². The van der Waals surface area contributed by atoms with Crippen LogP contribution in [0.3, 0.4) is 0 Å². The van der Waals surface area contributed by atoms with E-state index in [2.05, 4.69) is 0 Å². The Labute approximate surface area is 154 Å². The maximum atomic E-state index is 12.4. The number of benzene rings is 1. The Morgan fingerprint density at radius 2 is 2.08 bits per heavy atom. The van der Waals surface area contributed by atoms with Gasteiger partial charge in [-0.15, -0.1) is 0 Å². The fraction of sp³-hybridized carbons (Fsp3) is 0.611. The Morgan fingerprint density at radius 3 is 2.69 bits per heavy atom. The van der Waals surface area contributed by atoms with Gasteiger partial charge in [0, 0.05) is 19.2 Å². The normalized spacial score (nSPS) is 18.2. The van der Waals surface area contributed by atoms with E-state index in [4.69, 9.17) is 10.6 Å². The first kappa shape index (κ1) is 20.0. The van der Waals surface area contributed by atoms with E-state index in [0.29, 0.717) is 18.8 Å². The maximum absolute atomic E-state index is 12.4. The monoisotopic (exact) mass is 364 g/mol. The van der Waals surface area contributed by atoms with Gasteiger partial charge in [0.1, 0.15) is 11.3 Å². The molecule has 0 aromatic heterocycles. The van der Waals surface area contributed by atoms with Crippen molar-refractivity contribution in [3.63, 3.8) is 0 Å². The summed E-state index contributed by atoms with van der Waals surface area (Å²) in [4.78, 5) is 25.1. The van der Waals surface area contributed by atoms with Crippen LogP contribution in [0.2, 0.25) is 0 Å². The van der Waals surface area contributed by atoms with Gasteiger partial charge < -0.3 is 9.64 Å². The number of nitrogens with zero attached hydrogens (tertiary/aromatic N) is 3. The number of hydrazine groups is 1. The Morgan fingerprint density at radius 1 is 1.38 bits per heavy atom. The van der Waals surface area contributed by atoms with Crippen molar-refractivity contribution < 1.29 is 14.5 Å². The Balaban J connectivity index is 2.24. The number of para-hydroxylation sites is 1. The third-order valence-corrected chi connectivity index (χ3v) is 4.36. The van der Waals surface area contributed by atoms with Crippen LogP contribution in [0, 0.1) is 17.0 Å². The van der Waals surface area contributed by atoms with Gasteiger partial charge in [0.05, 0.1) is 11.0 Å². The van der Waals surface area contributed by atoms with Crippen LogP contribution in [0.15, 0.2) is 18.2 Å². The fourth-order valence-corrected chi connectivity index (χ4v) is 3.15. The molecule has 0 saturated carbocycles.